The second kappa shape index (κ2) is 21.8. The summed E-state index contributed by atoms with van der Waals surface area (Å²) in [6.45, 7) is 6.24. The highest BCUT2D eigenvalue weighted by molar-refractivity contribution is 5.94. The number of hydrogen-bond acceptors (Lipinski definition) is 5. The van der Waals surface area contributed by atoms with Crippen molar-refractivity contribution in [2.75, 3.05) is 26.2 Å². The van der Waals surface area contributed by atoms with E-state index in [2.05, 4.69) is 29.0 Å². The molecule has 6 nitrogen and oxygen atoms in total. The molecule has 0 spiro atoms. The number of carboxylic acids is 1. The molecule has 0 saturated heterocycles. The lowest BCUT2D eigenvalue weighted by Gasteiger charge is -2.16. The highest BCUT2D eigenvalue weighted by atomic mass is 16.4. The third-order valence-electron chi connectivity index (χ3n) is 5.44. The smallest absolute Gasteiger partial charge is 0.332 e. The molecule has 1 atom stereocenters. The standard InChI is InChI=1S/C22H42N2O.C3H6O3/c1-2-3-4-5-6-7-8-9-10-11-12-13-14-15-16-17-22-23-18-19-24(22)20-21-25;1-2(4)3(5)6/h16-17,25H,2-15,18-21H2,1H3;2,4H,1H3,(H,5,6)/b17-16+;. The molecule has 1 unspecified atom stereocenters. The molecule has 0 fully saturated rings. The Morgan fingerprint density at radius 1 is 1.00 bits per heavy atom. The number of allylic oxidation sites excluding steroid dienone is 1. The molecule has 0 radical (unpaired) electrons. The molecule has 0 aliphatic carbocycles. The van der Waals surface area contributed by atoms with Crippen LogP contribution >= 0.6 is 0 Å². The highest BCUT2D eigenvalue weighted by Crippen LogP contribution is 2.13. The van der Waals surface area contributed by atoms with E-state index < -0.39 is 12.1 Å². The largest absolute Gasteiger partial charge is 0.479 e. The number of aliphatic imine (C=N–C) groups is 1. The predicted molar refractivity (Wildman–Crippen MR) is 130 cm³/mol. The number of carboxylic acid groups (broad SMARTS) is 1. The molecule has 3 N–H and O–H groups in total. The first-order valence-electron chi connectivity index (χ1n) is 12.5. The fourth-order valence-corrected chi connectivity index (χ4v) is 3.47. The molecule has 1 rings (SSSR count). The summed E-state index contributed by atoms with van der Waals surface area (Å²) in [5, 5.41) is 24.8. The maximum Gasteiger partial charge on any atom is 0.332 e. The lowest BCUT2D eigenvalue weighted by molar-refractivity contribution is -0.145. The summed E-state index contributed by atoms with van der Waals surface area (Å²) in [7, 11) is 0. The molecule has 1 aliphatic rings. The van der Waals surface area contributed by atoms with Crippen molar-refractivity contribution in [2.24, 2.45) is 4.99 Å². The van der Waals surface area contributed by atoms with Crippen LogP contribution in [0.25, 0.3) is 0 Å². The number of aliphatic hydroxyl groups excluding tert-OH is 2. The highest BCUT2D eigenvalue weighted by Gasteiger charge is 2.12. The molecule has 1 aliphatic heterocycles. The number of aliphatic hydroxyl groups is 2. The van der Waals surface area contributed by atoms with Gasteiger partial charge in [0.1, 0.15) is 11.9 Å². The van der Waals surface area contributed by atoms with Gasteiger partial charge in [-0.15, -0.1) is 0 Å². The first-order chi connectivity index (χ1) is 15.0. The zero-order valence-electron chi connectivity index (χ0n) is 20.1. The summed E-state index contributed by atoms with van der Waals surface area (Å²) in [5.74, 6) is -0.126. The maximum atomic E-state index is 9.45. The summed E-state index contributed by atoms with van der Waals surface area (Å²) >= 11 is 0. The number of nitrogens with zero attached hydrogens (tertiary/aromatic N) is 2. The van der Waals surface area contributed by atoms with Crippen molar-refractivity contribution in [3.63, 3.8) is 0 Å². The van der Waals surface area contributed by atoms with Crippen molar-refractivity contribution < 1.29 is 20.1 Å². The van der Waals surface area contributed by atoms with E-state index in [9.17, 15) is 4.79 Å². The fraction of sp³-hybridized carbons (Fsp3) is 0.840. The van der Waals surface area contributed by atoms with E-state index >= 15 is 0 Å². The number of aliphatic carboxylic acids is 1. The Kier molecular flexibility index (Phi) is 20.8. The second-order valence-corrected chi connectivity index (χ2v) is 8.40. The molecule has 0 aromatic heterocycles. The van der Waals surface area contributed by atoms with Crippen LogP contribution in [0.2, 0.25) is 0 Å². The van der Waals surface area contributed by atoms with Gasteiger partial charge in [-0.1, -0.05) is 90.0 Å². The summed E-state index contributed by atoms with van der Waals surface area (Å²) < 4.78 is 0. The minimum absolute atomic E-state index is 0.214. The van der Waals surface area contributed by atoms with E-state index in [0.717, 1.165) is 25.3 Å². The number of hydrogen-bond donors (Lipinski definition) is 3. The van der Waals surface area contributed by atoms with Crippen LogP contribution in [-0.2, 0) is 4.79 Å². The van der Waals surface area contributed by atoms with Crippen LogP contribution in [0.3, 0.4) is 0 Å². The number of rotatable bonds is 18. The Labute approximate surface area is 190 Å². The maximum absolute atomic E-state index is 9.45. The molecular weight excluding hydrogens is 392 g/mol. The van der Waals surface area contributed by atoms with Crippen LogP contribution in [0.1, 0.15) is 104 Å². The van der Waals surface area contributed by atoms with Gasteiger partial charge in [-0.05, 0) is 25.8 Å². The van der Waals surface area contributed by atoms with Gasteiger partial charge in [0, 0.05) is 13.1 Å². The van der Waals surface area contributed by atoms with Gasteiger partial charge in [0.2, 0.25) is 0 Å². The molecule has 182 valence electrons. The third-order valence-corrected chi connectivity index (χ3v) is 5.44. The normalized spacial score (nSPS) is 14.5. The van der Waals surface area contributed by atoms with E-state index in [4.69, 9.17) is 15.3 Å². The van der Waals surface area contributed by atoms with Crippen molar-refractivity contribution in [3.8, 4) is 0 Å². The summed E-state index contributed by atoms with van der Waals surface area (Å²) in [6.07, 6.45) is 22.7. The van der Waals surface area contributed by atoms with Gasteiger partial charge in [0.25, 0.3) is 0 Å². The third kappa shape index (κ3) is 19.0. The fourth-order valence-electron chi connectivity index (χ4n) is 3.47. The Morgan fingerprint density at radius 2 is 1.48 bits per heavy atom. The van der Waals surface area contributed by atoms with Crippen molar-refractivity contribution in [2.45, 2.75) is 110 Å². The van der Waals surface area contributed by atoms with Gasteiger partial charge in [-0.2, -0.15) is 0 Å². The van der Waals surface area contributed by atoms with Gasteiger partial charge in [-0.3, -0.25) is 4.99 Å². The van der Waals surface area contributed by atoms with Gasteiger partial charge in [-0.25, -0.2) is 4.79 Å². The molecule has 6 heteroatoms. The van der Waals surface area contributed by atoms with E-state index in [1.54, 1.807) is 0 Å². The molecule has 0 amide bonds. The summed E-state index contributed by atoms with van der Waals surface area (Å²) in [6, 6.07) is 0. The van der Waals surface area contributed by atoms with E-state index in [0.29, 0.717) is 6.54 Å². The Balaban J connectivity index is 0.00000131. The zero-order valence-corrected chi connectivity index (χ0v) is 20.1. The van der Waals surface area contributed by atoms with Gasteiger partial charge >= 0.3 is 5.97 Å². The average molecular weight is 441 g/mol. The Bertz CT molecular complexity index is 478. The van der Waals surface area contributed by atoms with E-state index in [1.807, 2.05) is 0 Å². The first-order valence-corrected chi connectivity index (χ1v) is 12.5. The molecule has 0 bridgehead atoms. The topological polar surface area (TPSA) is 93.4 Å². The van der Waals surface area contributed by atoms with Gasteiger partial charge in [0.15, 0.2) is 0 Å². The summed E-state index contributed by atoms with van der Waals surface area (Å²) in [5.41, 5.74) is 0. The van der Waals surface area contributed by atoms with Crippen LogP contribution in [0.5, 0.6) is 0 Å². The molecular formula is C25H48N2O4. The lowest BCUT2D eigenvalue weighted by atomic mass is 10.0. The van der Waals surface area contributed by atoms with Crippen LogP contribution in [0.15, 0.2) is 17.1 Å². The van der Waals surface area contributed by atoms with Crippen LogP contribution in [-0.4, -0.2) is 64.4 Å². The monoisotopic (exact) mass is 440 g/mol. The van der Waals surface area contributed by atoms with Gasteiger partial charge < -0.3 is 20.2 Å². The summed E-state index contributed by atoms with van der Waals surface area (Å²) in [4.78, 5) is 16.1. The minimum atomic E-state index is -1.23. The number of carbonyl (C=O) groups is 1. The SMILES string of the molecule is CC(O)C(=O)O.CCCCCCCCCCCCCCC/C=C/C1=NCCN1CCO. The predicted octanol–water partition coefficient (Wildman–Crippen LogP) is 5.18. The second-order valence-electron chi connectivity index (χ2n) is 8.40. The number of β-amino-alcohol motifs (C(OH)–C–C–N with tert-alkyl or cyclic N) is 1. The minimum Gasteiger partial charge on any atom is -0.479 e. The number of amidine groups is 1. The van der Waals surface area contributed by atoms with Crippen molar-refractivity contribution >= 4 is 11.8 Å². The molecule has 1 heterocycles. The first kappa shape index (κ1) is 29.6. The molecule has 31 heavy (non-hydrogen) atoms. The van der Waals surface area contributed by atoms with Crippen LogP contribution in [0, 0.1) is 0 Å². The van der Waals surface area contributed by atoms with Crippen molar-refractivity contribution in [1.29, 1.82) is 0 Å². The quantitative estimate of drug-likeness (QED) is 0.255. The van der Waals surface area contributed by atoms with Gasteiger partial charge in [0.05, 0.1) is 13.2 Å². The lowest BCUT2D eigenvalue weighted by Crippen LogP contribution is -2.29. The van der Waals surface area contributed by atoms with E-state index in [-0.39, 0.29) is 6.61 Å². The molecule has 0 aromatic rings. The van der Waals surface area contributed by atoms with E-state index in [1.165, 1.54) is 90.4 Å². The van der Waals surface area contributed by atoms with Crippen molar-refractivity contribution in [1.82, 2.24) is 4.90 Å². The zero-order chi connectivity index (χ0) is 23.2. The van der Waals surface area contributed by atoms with Crippen LogP contribution < -0.4 is 0 Å². The Morgan fingerprint density at radius 3 is 1.94 bits per heavy atom. The molecule has 0 saturated carbocycles. The van der Waals surface area contributed by atoms with Crippen molar-refractivity contribution in [3.05, 3.63) is 12.2 Å². The average Bonchev–Trinajstić information content (AvgIpc) is 3.18. The Hall–Kier alpha value is -1.40. The number of unbranched alkanes of at least 4 members (excludes halogenated alkanes) is 13. The van der Waals surface area contributed by atoms with Crippen LogP contribution in [0.4, 0.5) is 0 Å². The molecule has 0 aromatic carbocycles.